The molecule has 0 atom stereocenters. The summed E-state index contributed by atoms with van der Waals surface area (Å²) in [5, 5.41) is 0.301. The third kappa shape index (κ3) is 2.99. The van der Waals surface area contributed by atoms with E-state index in [1.165, 1.54) is 12.3 Å². The average Bonchev–Trinajstić information content (AvgIpc) is 2.19. The van der Waals surface area contributed by atoms with Gasteiger partial charge in [0.15, 0.2) is 0 Å². The van der Waals surface area contributed by atoms with Crippen molar-refractivity contribution in [3.8, 4) is 0 Å². The molecule has 0 spiro atoms. The fourth-order valence-electron chi connectivity index (χ4n) is 1.87. The van der Waals surface area contributed by atoms with Gasteiger partial charge in [0.05, 0.1) is 5.02 Å². The highest BCUT2D eigenvalue weighted by Gasteiger charge is 2.30. The summed E-state index contributed by atoms with van der Waals surface area (Å²) in [7, 11) is -3.54. The number of aromatic nitrogens is 1. The fourth-order valence-corrected chi connectivity index (χ4v) is 4.27. The Morgan fingerprint density at radius 3 is 2.76 bits per heavy atom. The Morgan fingerprint density at radius 1 is 1.53 bits per heavy atom. The van der Waals surface area contributed by atoms with Gasteiger partial charge in [-0.25, -0.2) is 18.1 Å². The van der Waals surface area contributed by atoms with E-state index in [0.29, 0.717) is 10.9 Å². The second-order valence-electron chi connectivity index (χ2n) is 4.34. The second-order valence-corrected chi connectivity index (χ2v) is 7.21. The van der Waals surface area contributed by atoms with Gasteiger partial charge < -0.3 is 0 Å². The van der Waals surface area contributed by atoms with Crippen LogP contribution in [0.4, 0.5) is 0 Å². The fraction of sp³-hybridized carbons (Fsp3) is 0.500. The van der Waals surface area contributed by atoms with Crippen LogP contribution in [0.3, 0.4) is 0 Å². The second kappa shape index (κ2) is 4.84. The van der Waals surface area contributed by atoms with Gasteiger partial charge in [-0.1, -0.05) is 18.5 Å². The molecule has 1 N–H and O–H groups in total. The first kappa shape index (κ1) is 13.3. The molecule has 17 heavy (non-hydrogen) atoms. The molecule has 1 saturated carbocycles. The van der Waals surface area contributed by atoms with Crippen molar-refractivity contribution in [2.75, 3.05) is 0 Å². The summed E-state index contributed by atoms with van der Waals surface area (Å²) in [5.74, 6) is 0.587. The van der Waals surface area contributed by atoms with E-state index < -0.39 is 10.0 Å². The Morgan fingerprint density at radius 2 is 2.18 bits per heavy atom. The summed E-state index contributed by atoms with van der Waals surface area (Å²) in [6.45, 7) is 2.10. The van der Waals surface area contributed by atoms with Gasteiger partial charge in [0.2, 0.25) is 10.0 Å². The highest BCUT2D eigenvalue weighted by atomic mass is 79.9. The quantitative estimate of drug-likeness (QED) is 0.861. The van der Waals surface area contributed by atoms with E-state index in [-0.39, 0.29) is 15.5 Å². The van der Waals surface area contributed by atoms with Crippen molar-refractivity contribution in [3.63, 3.8) is 0 Å². The lowest BCUT2D eigenvalue weighted by molar-refractivity contribution is 0.270. The maximum atomic E-state index is 12.1. The average molecular weight is 340 g/mol. The van der Waals surface area contributed by atoms with Crippen LogP contribution < -0.4 is 4.72 Å². The van der Waals surface area contributed by atoms with E-state index in [4.69, 9.17) is 11.6 Å². The van der Waals surface area contributed by atoms with Gasteiger partial charge in [-0.3, -0.25) is 0 Å². The summed E-state index contributed by atoms with van der Waals surface area (Å²) < 4.78 is 27.1. The van der Waals surface area contributed by atoms with Crippen LogP contribution in [0, 0.1) is 5.92 Å². The highest BCUT2D eigenvalue weighted by Crippen LogP contribution is 2.29. The molecule has 0 unspecified atom stereocenters. The van der Waals surface area contributed by atoms with Crippen molar-refractivity contribution in [3.05, 3.63) is 21.9 Å². The van der Waals surface area contributed by atoms with Crippen molar-refractivity contribution in [1.82, 2.24) is 9.71 Å². The van der Waals surface area contributed by atoms with Crippen LogP contribution in [0.5, 0.6) is 0 Å². The minimum absolute atomic E-state index is 0.0286. The van der Waals surface area contributed by atoms with Crippen LogP contribution >= 0.6 is 27.5 Å². The molecule has 1 aromatic rings. The summed E-state index contributed by atoms with van der Waals surface area (Å²) in [6, 6.07) is 1.42. The maximum Gasteiger partial charge on any atom is 0.243 e. The van der Waals surface area contributed by atoms with Crippen LogP contribution in [0.25, 0.3) is 0 Å². The van der Waals surface area contributed by atoms with Crippen LogP contribution in [-0.4, -0.2) is 19.4 Å². The molecule has 1 aliphatic rings. The Balaban J connectivity index is 2.22. The molecule has 0 radical (unpaired) electrons. The summed E-state index contributed by atoms with van der Waals surface area (Å²) in [4.78, 5) is 3.96. The summed E-state index contributed by atoms with van der Waals surface area (Å²) in [6.07, 6.45) is 3.16. The van der Waals surface area contributed by atoms with Crippen LogP contribution in [-0.2, 0) is 10.0 Å². The molecule has 4 nitrogen and oxygen atoms in total. The lowest BCUT2D eigenvalue weighted by Crippen LogP contribution is -2.43. The number of pyridine rings is 1. The first-order valence-corrected chi connectivity index (χ1v) is 7.87. The zero-order valence-corrected chi connectivity index (χ0v) is 12.3. The van der Waals surface area contributed by atoms with E-state index in [2.05, 4.69) is 32.6 Å². The van der Waals surface area contributed by atoms with E-state index in [0.717, 1.165) is 12.8 Å². The first-order valence-electron chi connectivity index (χ1n) is 5.22. The molecule has 7 heteroatoms. The normalized spacial score (nSPS) is 24.4. The van der Waals surface area contributed by atoms with Crippen molar-refractivity contribution in [2.45, 2.75) is 30.7 Å². The Bertz CT molecular complexity index is 529. The van der Waals surface area contributed by atoms with E-state index in [1.807, 2.05) is 0 Å². The Labute approximate surface area is 114 Å². The molecular formula is C10H12BrClN2O2S. The van der Waals surface area contributed by atoms with Crippen LogP contribution in [0.2, 0.25) is 5.02 Å². The monoisotopic (exact) mass is 338 g/mol. The molecule has 0 aliphatic heterocycles. The van der Waals surface area contributed by atoms with E-state index >= 15 is 0 Å². The SMILES string of the molecule is CC1CC(NS(=O)(=O)c2cc(Cl)cnc2Br)C1. The first-order chi connectivity index (χ1) is 7.88. The molecule has 0 bridgehead atoms. The van der Waals surface area contributed by atoms with Crippen molar-refractivity contribution in [2.24, 2.45) is 5.92 Å². The third-order valence-corrected chi connectivity index (χ3v) is 5.39. The maximum absolute atomic E-state index is 12.1. The molecule has 0 amide bonds. The van der Waals surface area contributed by atoms with Crippen molar-refractivity contribution < 1.29 is 8.42 Å². The molecule has 1 heterocycles. The lowest BCUT2D eigenvalue weighted by Gasteiger charge is -2.32. The van der Waals surface area contributed by atoms with Crippen molar-refractivity contribution in [1.29, 1.82) is 0 Å². The Kier molecular flexibility index (Phi) is 3.77. The van der Waals surface area contributed by atoms with Gasteiger partial charge in [-0.2, -0.15) is 0 Å². The summed E-state index contributed by atoms with van der Waals surface area (Å²) >= 11 is 8.87. The molecule has 0 saturated heterocycles. The molecular weight excluding hydrogens is 328 g/mol. The molecule has 0 aromatic carbocycles. The number of hydrogen-bond acceptors (Lipinski definition) is 3. The van der Waals surface area contributed by atoms with Gasteiger partial charge in [-0.05, 0) is 40.8 Å². The topological polar surface area (TPSA) is 59.1 Å². The van der Waals surface area contributed by atoms with Crippen LogP contribution in [0.1, 0.15) is 19.8 Å². The van der Waals surface area contributed by atoms with Gasteiger partial charge in [0.1, 0.15) is 9.50 Å². The van der Waals surface area contributed by atoms with Gasteiger partial charge >= 0.3 is 0 Å². The number of rotatable bonds is 3. The predicted octanol–water partition coefficient (Wildman–Crippen LogP) is 2.57. The number of hydrogen-bond donors (Lipinski definition) is 1. The molecule has 2 rings (SSSR count). The third-order valence-electron chi connectivity index (χ3n) is 2.76. The minimum atomic E-state index is -3.54. The van der Waals surface area contributed by atoms with E-state index in [9.17, 15) is 8.42 Å². The van der Waals surface area contributed by atoms with Gasteiger partial charge in [0, 0.05) is 12.2 Å². The number of halogens is 2. The smallest absolute Gasteiger partial charge is 0.243 e. The standard InChI is InChI=1S/C10H12BrClN2O2S/c1-6-2-8(3-6)14-17(15,16)9-4-7(12)5-13-10(9)11/h4-6,8,14H,2-3H2,1H3. The molecule has 1 aliphatic carbocycles. The van der Waals surface area contributed by atoms with Crippen LogP contribution in [0.15, 0.2) is 21.8 Å². The number of nitrogens with one attached hydrogen (secondary N) is 1. The molecule has 94 valence electrons. The molecule has 1 fully saturated rings. The lowest BCUT2D eigenvalue weighted by atomic mass is 9.83. The number of sulfonamides is 1. The largest absolute Gasteiger partial charge is 0.246 e. The van der Waals surface area contributed by atoms with E-state index in [1.54, 1.807) is 0 Å². The zero-order chi connectivity index (χ0) is 12.6. The van der Waals surface area contributed by atoms with Gasteiger partial charge in [0.25, 0.3) is 0 Å². The Hall–Kier alpha value is -0.170. The van der Waals surface area contributed by atoms with Crippen molar-refractivity contribution >= 4 is 37.6 Å². The minimum Gasteiger partial charge on any atom is -0.246 e. The predicted molar refractivity (Wildman–Crippen MR) is 69.5 cm³/mol. The summed E-state index contributed by atoms with van der Waals surface area (Å²) in [5.41, 5.74) is 0. The highest BCUT2D eigenvalue weighted by molar-refractivity contribution is 9.10. The molecule has 1 aromatic heterocycles. The van der Waals surface area contributed by atoms with Gasteiger partial charge in [-0.15, -0.1) is 0 Å². The zero-order valence-electron chi connectivity index (χ0n) is 9.15. The number of nitrogens with zero attached hydrogens (tertiary/aromatic N) is 1.